The zero-order valence-corrected chi connectivity index (χ0v) is 12.4. The molecule has 1 aromatic rings. The van der Waals surface area contributed by atoms with E-state index in [1.807, 2.05) is 19.9 Å². The molecule has 0 saturated heterocycles. The molecule has 0 aliphatic carbocycles. The van der Waals surface area contributed by atoms with Crippen molar-refractivity contribution in [1.82, 2.24) is 5.32 Å². The number of nitrogens with one attached hydrogen (secondary N) is 2. The summed E-state index contributed by atoms with van der Waals surface area (Å²) in [4.78, 5) is 22.4. The molecule has 21 heavy (non-hydrogen) atoms. The van der Waals surface area contributed by atoms with Crippen molar-refractivity contribution in [2.75, 3.05) is 18.5 Å². The molecule has 0 bridgehead atoms. The van der Waals surface area contributed by atoms with Gasteiger partial charge in [0.2, 0.25) is 0 Å². The Labute approximate surface area is 124 Å². The third-order valence-electron chi connectivity index (χ3n) is 2.99. The van der Waals surface area contributed by atoms with Gasteiger partial charge < -0.3 is 20.5 Å². The molecule has 0 heterocycles. The molecular formula is C15H22N2O4. The summed E-state index contributed by atoms with van der Waals surface area (Å²) in [5.41, 5.74) is 0.629. The quantitative estimate of drug-likeness (QED) is 0.688. The molecule has 0 aromatic heterocycles. The van der Waals surface area contributed by atoms with Gasteiger partial charge in [-0.2, -0.15) is 0 Å². The van der Waals surface area contributed by atoms with Crippen LogP contribution < -0.4 is 15.4 Å². The number of urea groups is 1. The lowest BCUT2D eigenvalue weighted by atomic mass is 10.0. The topological polar surface area (TPSA) is 87.7 Å². The third kappa shape index (κ3) is 6.65. The molecule has 0 aliphatic heterocycles. The van der Waals surface area contributed by atoms with Crippen LogP contribution in [-0.4, -0.2) is 30.3 Å². The Balaban J connectivity index is 2.46. The number of amides is 2. The molecule has 1 atom stereocenters. The standard InChI is InChI=1S/C15H22N2O4/c1-3-11(8-14(18)19)10-16-15(20)17-12-6-5-7-13(9-12)21-4-2/h5-7,9,11H,3-4,8,10H2,1-2H3,(H,18,19)(H2,16,17,20). The predicted octanol–water partition coefficient (Wildman–Crippen LogP) is 2.71. The van der Waals surface area contributed by atoms with Crippen LogP contribution in [0.1, 0.15) is 26.7 Å². The minimum absolute atomic E-state index is 0.0522. The number of rotatable bonds is 8. The first kappa shape index (κ1) is 16.8. The summed E-state index contributed by atoms with van der Waals surface area (Å²) in [6, 6.07) is 6.74. The number of hydrogen-bond donors (Lipinski definition) is 3. The number of carbonyl (C=O) groups excluding carboxylic acids is 1. The lowest BCUT2D eigenvalue weighted by Gasteiger charge is -2.14. The van der Waals surface area contributed by atoms with Crippen LogP contribution in [0.15, 0.2) is 24.3 Å². The fraction of sp³-hybridized carbons (Fsp3) is 0.467. The highest BCUT2D eigenvalue weighted by molar-refractivity contribution is 5.89. The molecule has 1 rings (SSSR count). The van der Waals surface area contributed by atoms with Gasteiger partial charge in [0.1, 0.15) is 5.75 Å². The second-order valence-electron chi connectivity index (χ2n) is 4.67. The summed E-state index contributed by atoms with van der Waals surface area (Å²) in [5, 5.41) is 14.1. The van der Waals surface area contributed by atoms with Gasteiger partial charge in [0.25, 0.3) is 0 Å². The number of anilines is 1. The van der Waals surface area contributed by atoms with Gasteiger partial charge in [-0.25, -0.2) is 4.79 Å². The lowest BCUT2D eigenvalue weighted by molar-refractivity contribution is -0.138. The first-order valence-corrected chi connectivity index (χ1v) is 7.04. The van der Waals surface area contributed by atoms with E-state index in [0.29, 0.717) is 31.0 Å². The first-order chi connectivity index (χ1) is 10.0. The van der Waals surface area contributed by atoms with Gasteiger partial charge >= 0.3 is 12.0 Å². The van der Waals surface area contributed by atoms with Crippen LogP contribution in [-0.2, 0) is 4.79 Å². The Morgan fingerprint density at radius 3 is 2.71 bits per heavy atom. The molecule has 0 saturated carbocycles. The number of hydrogen-bond acceptors (Lipinski definition) is 3. The lowest BCUT2D eigenvalue weighted by Crippen LogP contribution is -2.33. The van der Waals surface area contributed by atoms with Gasteiger partial charge in [-0.3, -0.25) is 4.79 Å². The minimum atomic E-state index is -0.853. The van der Waals surface area contributed by atoms with Crippen molar-refractivity contribution >= 4 is 17.7 Å². The SMILES string of the molecule is CCOc1cccc(NC(=O)NCC(CC)CC(=O)O)c1. The average molecular weight is 294 g/mol. The molecular weight excluding hydrogens is 272 g/mol. The monoisotopic (exact) mass is 294 g/mol. The molecule has 0 aliphatic rings. The van der Waals surface area contributed by atoms with E-state index in [9.17, 15) is 9.59 Å². The van der Waals surface area contributed by atoms with Gasteiger partial charge in [0.15, 0.2) is 0 Å². The van der Waals surface area contributed by atoms with Crippen molar-refractivity contribution in [3.05, 3.63) is 24.3 Å². The van der Waals surface area contributed by atoms with Gasteiger partial charge in [0.05, 0.1) is 6.61 Å². The van der Waals surface area contributed by atoms with Crippen molar-refractivity contribution in [3.8, 4) is 5.75 Å². The van der Waals surface area contributed by atoms with Gasteiger partial charge in [0, 0.05) is 24.7 Å². The smallest absolute Gasteiger partial charge is 0.319 e. The number of carboxylic acid groups (broad SMARTS) is 1. The van der Waals surface area contributed by atoms with Crippen LogP contribution in [0.2, 0.25) is 0 Å². The van der Waals surface area contributed by atoms with E-state index in [2.05, 4.69) is 10.6 Å². The van der Waals surface area contributed by atoms with Crippen LogP contribution >= 0.6 is 0 Å². The zero-order valence-electron chi connectivity index (χ0n) is 12.4. The normalized spacial score (nSPS) is 11.5. The molecule has 1 unspecified atom stereocenters. The summed E-state index contributed by atoms with van der Waals surface area (Å²) in [7, 11) is 0. The maximum Gasteiger partial charge on any atom is 0.319 e. The van der Waals surface area contributed by atoms with E-state index in [1.165, 1.54) is 0 Å². The molecule has 0 fully saturated rings. The van der Waals surface area contributed by atoms with E-state index in [1.54, 1.807) is 18.2 Å². The molecule has 6 nitrogen and oxygen atoms in total. The fourth-order valence-electron chi connectivity index (χ4n) is 1.85. The first-order valence-electron chi connectivity index (χ1n) is 7.04. The maximum atomic E-state index is 11.8. The van der Waals surface area contributed by atoms with E-state index < -0.39 is 5.97 Å². The van der Waals surface area contributed by atoms with E-state index in [0.717, 1.165) is 0 Å². The van der Waals surface area contributed by atoms with E-state index >= 15 is 0 Å². The van der Waals surface area contributed by atoms with Crippen LogP contribution in [0.25, 0.3) is 0 Å². The van der Waals surface area contributed by atoms with Crippen molar-refractivity contribution in [1.29, 1.82) is 0 Å². The largest absolute Gasteiger partial charge is 0.494 e. The fourth-order valence-corrected chi connectivity index (χ4v) is 1.85. The number of carboxylic acids is 1. The second kappa shape index (κ2) is 8.84. The molecule has 1 aromatic carbocycles. The molecule has 116 valence electrons. The summed E-state index contributed by atoms with van der Waals surface area (Å²) in [5.74, 6) is -0.232. The molecule has 0 radical (unpaired) electrons. The summed E-state index contributed by atoms with van der Waals surface area (Å²) < 4.78 is 5.35. The van der Waals surface area contributed by atoms with Crippen LogP contribution in [0.5, 0.6) is 5.75 Å². The number of benzene rings is 1. The highest BCUT2D eigenvalue weighted by Crippen LogP contribution is 2.17. The summed E-state index contributed by atoms with van der Waals surface area (Å²) in [6.45, 7) is 4.68. The Bertz CT molecular complexity index is 476. The molecule has 3 N–H and O–H groups in total. The van der Waals surface area contributed by atoms with Gasteiger partial charge in [-0.15, -0.1) is 0 Å². The number of carbonyl (C=O) groups is 2. The Hall–Kier alpha value is -2.24. The van der Waals surface area contributed by atoms with Crippen molar-refractivity contribution < 1.29 is 19.4 Å². The minimum Gasteiger partial charge on any atom is -0.494 e. The van der Waals surface area contributed by atoms with Crippen molar-refractivity contribution in [2.24, 2.45) is 5.92 Å². The molecule has 2 amide bonds. The Kier molecular flexibility index (Phi) is 7.08. The number of ether oxygens (including phenoxy) is 1. The predicted molar refractivity (Wildman–Crippen MR) is 80.7 cm³/mol. The van der Waals surface area contributed by atoms with Crippen molar-refractivity contribution in [3.63, 3.8) is 0 Å². The van der Waals surface area contributed by atoms with E-state index in [-0.39, 0.29) is 18.4 Å². The maximum absolute atomic E-state index is 11.8. The molecule has 6 heteroatoms. The zero-order chi connectivity index (χ0) is 15.7. The van der Waals surface area contributed by atoms with Crippen LogP contribution in [0, 0.1) is 5.92 Å². The Morgan fingerprint density at radius 1 is 1.33 bits per heavy atom. The Morgan fingerprint density at radius 2 is 2.10 bits per heavy atom. The number of aliphatic carboxylic acids is 1. The van der Waals surface area contributed by atoms with E-state index in [4.69, 9.17) is 9.84 Å². The third-order valence-corrected chi connectivity index (χ3v) is 2.99. The summed E-state index contributed by atoms with van der Waals surface area (Å²) >= 11 is 0. The van der Waals surface area contributed by atoms with Gasteiger partial charge in [-0.05, 0) is 25.0 Å². The summed E-state index contributed by atoms with van der Waals surface area (Å²) in [6.07, 6.45) is 0.753. The second-order valence-corrected chi connectivity index (χ2v) is 4.67. The van der Waals surface area contributed by atoms with Crippen LogP contribution in [0.3, 0.4) is 0 Å². The van der Waals surface area contributed by atoms with Crippen molar-refractivity contribution in [2.45, 2.75) is 26.7 Å². The molecule has 0 spiro atoms. The highest BCUT2D eigenvalue weighted by atomic mass is 16.5. The van der Waals surface area contributed by atoms with Crippen LogP contribution in [0.4, 0.5) is 10.5 Å². The highest BCUT2D eigenvalue weighted by Gasteiger charge is 2.12. The average Bonchev–Trinajstić information content (AvgIpc) is 2.44. The van der Waals surface area contributed by atoms with Gasteiger partial charge in [-0.1, -0.05) is 19.4 Å².